The molecule has 0 fully saturated rings. The topological polar surface area (TPSA) is 29.9 Å². The second-order valence-corrected chi connectivity index (χ2v) is 5.14. The quantitative estimate of drug-likeness (QED) is 0.713. The predicted octanol–water partition coefficient (Wildman–Crippen LogP) is 3.75. The van der Waals surface area contributed by atoms with Gasteiger partial charge in [-0.2, -0.15) is 5.10 Å². The predicted molar refractivity (Wildman–Crippen MR) is 77.9 cm³/mol. The molecule has 0 amide bonds. The van der Waals surface area contributed by atoms with Gasteiger partial charge >= 0.3 is 0 Å². The molecule has 0 radical (unpaired) electrons. The minimum absolute atomic E-state index is 0.409. The lowest BCUT2D eigenvalue weighted by Gasteiger charge is -2.14. The molecular weight excluding hydrogens is 222 g/mol. The molecule has 3 nitrogen and oxygen atoms in total. The molecule has 1 aromatic rings. The fourth-order valence-corrected chi connectivity index (χ4v) is 2.62. The molecule has 0 aliphatic heterocycles. The normalized spacial score (nSPS) is 12.9. The number of nitrogens with one attached hydrogen (secondary N) is 1. The average molecular weight is 251 g/mol. The van der Waals surface area contributed by atoms with Crippen LogP contribution in [0.5, 0.6) is 0 Å². The first-order valence-corrected chi connectivity index (χ1v) is 7.39. The van der Waals surface area contributed by atoms with Gasteiger partial charge in [-0.05, 0) is 40.7 Å². The van der Waals surface area contributed by atoms with Crippen molar-refractivity contribution >= 4 is 0 Å². The molecule has 1 N–H and O–H groups in total. The molecule has 0 aliphatic rings. The van der Waals surface area contributed by atoms with E-state index in [9.17, 15) is 0 Å². The molecule has 0 saturated heterocycles. The van der Waals surface area contributed by atoms with E-state index < -0.39 is 0 Å². The molecule has 0 bridgehead atoms. The molecule has 104 valence electrons. The van der Waals surface area contributed by atoms with Gasteiger partial charge in [-0.3, -0.25) is 4.68 Å². The fraction of sp³-hybridized carbons (Fsp3) is 0.800. The summed E-state index contributed by atoms with van der Waals surface area (Å²) in [6, 6.07) is 0.409. The first-order chi connectivity index (χ1) is 8.61. The summed E-state index contributed by atoms with van der Waals surface area (Å²) in [5.41, 5.74) is 3.86. The highest BCUT2D eigenvalue weighted by molar-refractivity contribution is 5.27. The Balaban J connectivity index is 2.51. The van der Waals surface area contributed by atoms with Crippen LogP contribution in [0, 0.1) is 13.8 Å². The van der Waals surface area contributed by atoms with E-state index in [2.05, 4.69) is 49.7 Å². The summed E-state index contributed by atoms with van der Waals surface area (Å²) in [7, 11) is 0. The maximum Gasteiger partial charge on any atom is 0.0644 e. The summed E-state index contributed by atoms with van der Waals surface area (Å²) in [6.45, 7) is 13.0. The maximum absolute atomic E-state index is 4.58. The van der Waals surface area contributed by atoms with E-state index in [1.807, 2.05) is 0 Å². The van der Waals surface area contributed by atoms with Crippen LogP contribution in [0.15, 0.2) is 0 Å². The van der Waals surface area contributed by atoms with Gasteiger partial charge in [0.25, 0.3) is 0 Å². The van der Waals surface area contributed by atoms with Crippen molar-refractivity contribution in [3.63, 3.8) is 0 Å². The zero-order chi connectivity index (χ0) is 13.5. The maximum atomic E-state index is 4.58. The summed E-state index contributed by atoms with van der Waals surface area (Å²) in [4.78, 5) is 0. The van der Waals surface area contributed by atoms with E-state index in [1.165, 1.54) is 42.6 Å². The van der Waals surface area contributed by atoms with Crippen LogP contribution in [0.4, 0.5) is 0 Å². The molecule has 0 saturated carbocycles. The Morgan fingerprint density at radius 1 is 1.17 bits per heavy atom. The molecule has 0 aromatic carbocycles. The molecule has 1 unspecified atom stereocenters. The minimum atomic E-state index is 0.409. The van der Waals surface area contributed by atoms with Crippen molar-refractivity contribution in [1.29, 1.82) is 0 Å². The number of nitrogens with zero attached hydrogens (tertiary/aromatic N) is 2. The van der Waals surface area contributed by atoms with E-state index in [4.69, 9.17) is 0 Å². The van der Waals surface area contributed by atoms with Crippen LogP contribution in [0.1, 0.15) is 69.4 Å². The Kier molecular flexibility index (Phi) is 6.41. The van der Waals surface area contributed by atoms with Crippen LogP contribution in [0.3, 0.4) is 0 Å². The van der Waals surface area contributed by atoms with Crippen LogP contribution in [0.25, 0.3) is 0 Å². The summed E-state index contributed by atoms with van der Waals surface area (Å²) in [5, 5.41) is 8.21. The van der Waals surface area contributed by atoms with Crippen molar-refractivity contribution < 1.29 is 0 Å². The standard InChI is InChI=1S/C15H29N3/c1-6-8-9-10-11-16-12(3)15-13(4)17-18(7-2)14(15)5/h12,16H,6-11H2,1-5H3. The number of unbranched alkanes of at least 4 members (excludes halogenated alkanes) is 3. The van der Waals surface area contributed by atoms with Crippen LogP contribution < -0.4 is 5.32 Å². The van der Waals surface area contributed by atoms with Crippen LogP contribution in [-0.2, 0) is 6.54 Å². The third-order valence-corrected chi connectivity index (χ3v) is 3.65. The Bertz CT molecular complexity index is 355. The first kappa shape index (κ1) is 15.2. The number of aryl methyl sites for hydroxylation is 2. The van der Waals surface area contributed by atoms with E-state index in [-0.39, 0.29) is 0 Å². The summed E-state index contributed by atoms with van der Waals surface area (Å²) >= 11 is 0. The number of rotatable bonds is 8. The number of aromatic nitrogens is 2. The van der Waals surface area contributed by atoms with Crippen LogP contribution >= 0.6 is 0 Å². The van der Waals surface area contributed by atoms with Crippen molar-refractivity contribution in [1.82, 2.24) is 15.1 Å². The number of hydrogen-bond donors (Lipinski definition) is 1. The van der Waals surface area contributed by atoms with Crippen LogP contribution in [0.2, 0.25) is 0 Å². The van der Waals surface area contributed by atoms with Gasteiger partial charge in [0.1, 0.15) is 0 Å². The summed E-state index contributed by atoms with van der Waals surface area (Å²) < 4.78 is 2.10. The molecular formula is C15H29N3. The van der Waals surface area contributed by atoms with Gasteiger partial charge in [-0.1, -0.05) is 26.2 Å². The van der Waals surface area contributed by atoms with Crippen molar-refractivity contribution in [3.05, 3.63) is 17.0 Å². The molecule has 3 heteroatoms. The Hall–Kier alpha value is -0.830. The number of hydrogen-bond acceptors (Lipinski definition) is 2. The molecule has 1 aromatic heterocycles. The van der Waals surface area contributed by atoms with Gasteiger partial charge in [0.2, 0.25) is 0 Å². The second kappa shape index (κ2) is 7.57. The lowest BCUT2D eigenvalue weighted by Crippen LogP contribution is -2.21. The average Bonchev–Trinajstić information content (AvgIpc) is 2.63. The zero-order valence-electron chi connectivity index (χ0n) is 12.7. The Morgan fingerprint density at radius 3 is 2.44 bits per heavy atom. The van der Waals surface area contributed by atoms with E-state index >= 15 is 0 Å². The Labute approximate surface area is 112 Å². The highest BCUT2D eigenvalue weighted by Crippen LogP contribution is 2.21. The summed E-state index contributed by atoms with van der Waals surface area (Å²) in [5.74, 6) is 0. The first-order valence-electron chi connectivity index (χ1n) is 7.39. The van der Waals surface area contributed by atoms with Crippen molar-refractivity contribution in [2.24, 2.45) is 0 Å². The smallest absolute Gasteiger partial charge is 0.0644 e. The monoisotopic (exact) mass is 251 g/mol. The SMILES string of the molecule is CCCCCCNC(C)c1c(C)nn(CC)c1C. The molecule has 1 rings (SSSR count). The highest BCUT2D eigenvalue weighted by Gasteiger charge is 2.16. The van der Waals surface area contributed by atoms with Gasteiger partial charge in [-0.15, -0.1) is 0 Å². The van der Waals surface area contributed by atoms with Gasteiger partial charge < -0.3 is 5.32 Å². The minimum Gasteiger partial charge on any atom is -0.310 e. The largest absolute Gasteiger partial charge is 0.310 e. The lowest BCUT2D eigenvalue weighted by atomic mass is 10.1. The lowest BCUT2D eigenvalue weighted by molar-refractivity contribution is 0.532. The van der Waals surface area contributed by atoms with Gasteiger partial charge in [0.15, 0.2) is 0 Å². The molecule has 0 aliphatic carbocycles. The third-order valence-electron chi connectivity index (χ3n) is 3.65. The molecule has 1 atom stereocenters. The zero-order valence-corrected chi connectivity index (χ0v) is 12.7. The van der Waals surface area contributed by atoms with Crippen molar-refractivity contribution in [2.45, 2.75) is 72.9 Å². The highest BCUT2D eigenvalue weighted by atomic mass is 15.3. The van der Waals surface area contributed by atoms with Gasteiger partial charge in [0, 0.05) is 23.8 Å². The summed E-state index contributed by atoms with van der Waals surface area (Å²) in [6.07, 6.45) is 5.26. The van der Waals surface area contributed by atoms with E-state index in [0.29, 0.717) is 6.04 Å². The van der Waals surface area contributed by atoms with Gasteiger partial charge in [-0.25, -0.2) is 0 Å². The van der Waals surface area contributed by atoms with Crippen molar-refractivity contribution in [2.75, 3.05) is 6.54 Å². The second-order valence-electron chi connectivity index (χ2n) is 5.14. The Morgan fingerprint density at radius 2 is 1.89 bits per heavy atom. The fourth-order valence-electron chi connectivity index (χ4n) is 2.62. The molecule has 1 heterocycles. The van der Waals surface area contributed by atoms with Gasteiger partial charge in [0.05, 0.1) is 5.69 Å². The molecule has 18 heavy (non-hydrogen) atoms. The van der Waals surface area contributed by atoms with Crippen LogP contribution in [-0.4, -0.2) is 16.3 Å². The van der Waals surface area contributed by atoms with E-state index in [1.54, 1.807) is 0 Å². The molecule has 0 spiro atoms. The van der Waals surface area contributed by atoms with Crippen molar-refractivity contribution in [3.8, 4) is 0 Å². The van der Waals surface area contributed by atoms with E-state index in [0.717, 1.165) is 13.1 Å². The third kappa shape index (κ3) is 3.84.